The van der Waals surface area contributed by atoms with E-state index in [4.69, 9.17) is 24.3 Å². The quantitative estimate of drug-likeness (QED) is 0.0264. The van der Waals surface area contributed by atoms with Crippen LogP contribution in [0.5, 0.6) is 0 Å². The van der Waals surface area contributed by atoms with Crippen LogP contribution < -0.4 is 5.73 Å². The predicted octanol–water partition coefficient (Wildman–Crippen LogP) is 29.1. The van der Waals surface area contributed by atoms with Crippen molar-refractivity contribution in [3.8, 4) is 0 Å². The molecule has 0 aliphatic carbocycles. The summed E-state index contributed by atoms with van der Waals surface area (Å²) in [6.07, 6.45) is 122. The third-order valence-corrected chi connectivity index (χ3v) is 19.5. The van der Waals surface area contributed by atoms with Crippen LogP contribution in [0.1, 0.15) is 399 Å². The minimum absolute atomic E-state index is 0.0506. The Morgan fingerprint density at radius 3 is 0.812 bits per heavy atom. The van der Waals surface area contributed by atoms with Crippen molar-refractivity contribution in [1.82, 2.24) is 0 Å². The van der Waals surface area contributed by atoms with E-state index in [2.05, 4.69) is 148 Å². The molecule has 9 nitrogen and oxygen atoms in total. The second-order valence-electron chi connectivity index (χ2n) is 28.3. The summed E-state index contributed by atoms with van der Waals surface area (Å²) in [5.41, 5.74) is 5.42. The average Bonchev–Trinajstić information content (AvgIpc) is 1.04. The molecule has 0 aliphatic heterocycles. The number of carbonyl (C=O) groups excluding carboxylic acids is 2. The van der Waals surface area contributed by atoms with Crippen LogP contribution in [0.2, 0.25) is 0 Å². The fourth-order valence-electron chi connectivity index (χ4n) is 12.3. The van der Waals surface area contributed by atoms with Crippen molar-refractivity contribution in [2.24, 2.45) is 5.73 Å². The number of hydrogen-bond donors (Lipinski definition) is 2. The van der Waals surface area contributed by atoms with E-state index in [1.165, 1.54) is 263 Å². The number of carbonyl (C=O) groups is 2. The molecule has 0 saturated carbocycles. The van der Waals surface area contributed by atoms with Crippen LogP contribution in [0.15, 0.2) is 134 Å². The van der Waals surface area contributed by atoms with Crippen molar-refractivity contribution in [3.63, 3.8) is 0 Å². The summed E-state index contributed by atoms with van der Waals surface area (Å²) in [5.74, 6) is -0.816. The van der Waals surface area contributed by atoms with Crippen molar-refractivity contribution in [2.75, 3.05) is 26.4 Å². The molecule has 0 aliphatic rings. The van der Waals surface area contributed by atoms with E-state index in [1.807, 2.05) is 0 Å². The fourth-order valence-corrected chi connectivity index (χ4v) is 13.0. The first kappa shape index (κ1) is 97.2. The van der Waals surface area contributed by atoms with Gasteiger partial charge in [0.05, 0.1) is 13.2 Å². The van der Waals surface area contributed by atoms with Crippen molar-refractivity contribution in [3.05, 3.63) is 134 Å². The molecule has 3 N–H and O–H groups in total. The highest BCUT2D eigenvalue weighted by atomic mass is 31.2. The van der Waals surface area contributed by atoms with E-state index in [-0.39, 0.29) is 38.6 Å². The van der Waals surface area contributed by atoms with Gasteiger partial charge in [-0.15, -0.1) is 0 Å². The molecule has 0 aromatic heterocycles. The molecule has 0 bridgehead atoms. The number of hydrogen-bond acceptors (Lipinski definition) is 8. The van der Waals surface area contributed by atoms with Gasteiger partial charge in [0.25, 0.3) is 0 Å². The third kappa shape index (κ3) is 85.0. The standard InChI is InChI=1S/C91H160NO8P/c1-3-5-7-9-11-13-15-17-19-21-23-25-27-29-31-33-35-37-39-41-43-44-46-48-50-52-54-56-58-60-62-64-66-68-70-72-74-76-78-80-82-84-91(94)100-89(88-99-101(95,96)98-86-85-92)87-97-90(93)83-81-79-77-75-73-71-69-67-65-63-61-59-57-55-53-51-49-47-45-42-40-38-36-34-32-30-28-26-24-22-20-18-16-14-12-10-8-6-4-2/h5,7,11,13,16-19,22-25,29,31,35,37,41,43,46,48,52,54,89H,3-4,6,8-10,12,14-15,20-21,26-28,30,32-34,36,38-40,42,44-45,47,49-51,53,55-88,92H2,1-2H3,(H,95,96)/b7-5-,13-11-,18-16-,19-17-,24-22-,25-23-,31-29-,37-35-,43-41-,48-46-,54-52-. The molecule has 2 atom stereocenters. The molecular weight excluding hydrogens is 1270 g/mol. The van der Waals surface area contributed by atoms with Crippen LogP contribution in [0.4, 0.5) is 0 Å². The fraction of sp³-hybridized carbons (Fsp3) is 0.736. The number of allylic oxidation sites excluding steroid dienone is 22. The number of rotatable bonds is 80. The molecular formula is C91H160NO8P. The van der Waals surface area contributed by atoms with E-state index >= 15 is 0 Å². The normalized spacial score (nSPS) is 13.5. The summed E-state index contributed by atoms with van der Waals surface area (Å²) in [4.78, 5) is 35.5. The highest BCUT2D eigenvalue weighted by Gasteiger charge is 2.26. The Morgan fingerprint density at radius 2 is 0.545 bits per heavy atom. The first-order valence-electron chi connectivity index (χ1n) is 42.7. The Kier molecular flexibility index (Phi) is 81.8. The van der Waals surface area contributed by atoms with Gasteiger partial charge in [0.15, 0.2) is 6.10 Å². The first-order valence-corrected chi connectivity index (χ1v) is 44.2. The third-order valence-electron chi connectivity index (χ3n) is 18.5. The number of unbranched alkanes of at least 4 members (excludes halogenated alkanes) is 45. The average molecular weight is 1430 g/mol. The minimum Gasteiger partial charge on any atom is -0.462 e. The number of ether oxygens (including phenoxy) is 2. The molecule has 0 fully saturated rings. The lowest BCUT2D eigenvalue weighted by molar-refractivity contribution is -0.161. The van der Waals surface area contributed by atoms with Gasteiger partial charge in [0.1, 0.15) is 6.61 Å². The summed E-state index contributed by atoms with van der Waals surface area (Å²) in [6.45, 7) is 3.66. The van der Waals surface area contributed by atoms with Crippen molar-refractivity contribution < 1.29 is 37.6 Å². The zero-order chi connectivity index (χ0) is 72.9. The zero-order valence-corrected chi connectivity index (χ0v) is 66.8. The molecule has 0 rings (SSSR count). The molecule has 0 amide bonds. The predicted molar refractivity (Wildman–Crippen MR) is 441 cm³/mol. The largest absolute Gasteiger partial charge is 0.472 e. The summed E-state index contributed by atoms with van der Waals surface area (Å²) < 4.78 is 33.3. The molecule has 2 unspecified atom stereocenters. The minimum atomic E-state index is -4.40. The molecule has 10 heteroatoms. The van der Waals surface area contributed by atoms with Gasteiger partial charge in [0, 0.05) is 19.4 Å². The maximum Gasteiger partial charge on any atom is 0.472 e. The molecule has 101 heavy (non-hydrogen) atoms. The Bertz CT molecular complexity index is 2130. The van der Waals surface area contributed by atoms with E-state index in [0.29, 0.717) is 6.42 Å². The van der Waals surface area contributed by atoms with Crippen LogP contribution in [-0.2, 0) is 32.7 Å². The molecule has 0 aromatic carbocycles. The molecule has 0 radical (unpaired) electrons. The number of nitrogens with two attached hydrogens (primary N) is 1. The number of phosphoric ester groups is 1. The number of phosphoric acid groups is 1. The highest BCUT2D eigenvalue weighted by molar-refractivity contribution is 7.47. The van der Waals surface area contributed by atoms with Gasteiger partial charge in [-0.25, -0.2) is 4.57 Å². The zero-order valence-electron chi connectivity index (χ0n) is 65.9. The second-order valence-corrected chi connectivity index (χ2v) is 29.8. The van der Waals surface area contributed by atoms with Gasteiger partial charge < -0.3 is 20.1 Å². The monoisotopic (exact) mass is 1430 g/mol. The van der Waals surface area contributed by atoms with Crippen molar-refractivity contribution in [2.45, 2.75) is 405 Å². The van der Waals surface area contributed by atoms with Crippen molar-refractivity contribution >= 4 is 19.8 Å². The molecule has 0 saturated heterocycles. The van der Waals surface area contributed by atoms with Crippen LogP contribution in [0.25, 0.3) is 0 Å². The topological polar surface area (TPSA) is 134 Å². The van der Waals surface area contributed by atoms with Gasteiger partial charge in [-0.2, -0.15) is 0 Å². The lowest BCUT2D eigenvalue weighted by atomic mass is 10.0. The Labute approximate surface area is 624 Å². The second kappa shape index (κ2) is 85.1. The molecule has 582 valence electrons. The van der Waals surface area contributed by atoms with E-state index in [1.54, 1.807) is 0 Å². The Morgan fingerprint density at radius 1 is 0.307 bits per heavy atom. The highest BCUT2D eigenvalue weighted by Crippen LogP contribution is 2.43. The summed E-state index contributed by atoms with van der Waals surface area (Å²) in [6, 6.07) is 0. The molecule has 0 heterocycles. The first-order chi connectivity index (χ1) is 49.8. The van der Waals surface area contributed by atoms with Crippen LogP contribution in [0.3, 0.4) is 0 Å². The maximum atomic E-state index is 12.8. The van der Waals surface area contributed by atoms with Crippen molar-refractivity contribution in [1.29, 1.82) is 0 Å². The lowest BCUT2D eigenvalue weighted by Crippen LogP contribution is -2.29. The van der Waals surface area contributed by atoms with Gasteiger partial charge >= 0.3 is 19.8 Å². The van der Waals surface area contributed by atoms with Crippen LogP contribution in [0, 0.1) is 0 Å². The van der Waals surface area contributed by atoms with E-state index < -0.39 is 26.5 Å². The Hall–Kier alpha value is -3.85. The number of esters is 2. The smallest absolute Gasteiger partial charge is 0.462 e. The van der Waals surface area contributed by atoms with Crippen LogP contribution >= 0.6 is 7.82 Å². The van der Waals surface area contributed by atoms with Gasteiger partial charge in [0.2, 0.25) is 0 Å². The molecule has 0 spiro atoms. The summed E-state index contributed by atoms with van der Waals surface area (Å²) in [5, 5.41) is 0. The van der Waals surface area contributed by atoms with Gasteiger partial charge in [-0.05, 0) is 116 Å². The summed E-state index contributed by atoms with van der Waals surface area (Å²) in [7, 11) is -4.40. The summed E-state index contributed by atoms with van der Waals surface area (Å²) >= 11 is 0. The van der Waals surface area contributed by atoms with E-state index in [0.717, 1.165) is 103 Å². The SMILES string of the molecule is CC/C=C\C/C=C\C/C=C\C/C=C\C/C=C\C/C=C\C/C=C\C/C=C\C/C=C\CCCCCCCCCCCCCCCC(=O)OC(COC(=O)CCCCCCCCCCCCCCCCCCCCCCCCCCCCC/C=C\C/C=C\CCCCCCC)COP(=O)(O)OCCN. The molecule has 0 aromatic rings. The lowest BCUT2D eigenvalue weighted by Gasteiger charge is -2.19. The maximum absolute atomic E-state index is 12.8. The Balaban J connectivity index is 3.80. The van der Waals surface area contributed by atoms with Gasteiger partial charge in [-0.3, -0.25) is 18.6 Å². The van der Waals surface area contributed by atoms with Crippen LogP contribution in [-0.4, -0.2) is 49.3 Å². The van der Waals surface area contributed by atoms with E-state index in [9.17, 15) is 19.0 Å². The van der Waals surface area contributed by atoms with Gasteiger partial charge in [-0.1, -0.05) is 404 Å².